The summed E-state index contributed by atoms with van der Waals surface area (Å²) in [5, 5.41) is 0. The lowest BCUT2D eigenvalue weighted by Crippen LogP contribution is -2.49. The smallest absolute Gasteiger partial charge is 0.107 e. The van der Waals surface area contributed by atoms with Gasteiger partial charge in [-0.15, -0.1) is 0 Å². The molecule has 1 rings (SSSR count). The largest absolute Gasteiger partial charge is 0.327 e. The molecule has 0 bridgehead atoms. The molecule has 0 radical (unpaired) electrons. The van der Waals surface area contributed by atoms with E-state index in [1.165, 1.54) is 0 Å². The molecule has 1 heterocycles. The summed E-state index contributed by atoms with van der Waals surface area (Å²) in [6.45, 7) is 0.206. The van der Waals surface area contributed by atoms with Crippen LogP contribution in [0.1, 0.15) is 12.8 Å². The lowest BCUT2D eigenvalue weighted by Gasteiger charge is -2.34. The summed E-state index contributed by atoms with van der Waals surface area (Å²) in [7, 11) is 0. The van der Waals surface area contributed by atoms with Crippen LogP contribution in [-0.2, 0) is 0 Å². The van der Waals surface area contributed by atoms with E-state index in [1.807, 2.05) is 4.90 Å². The zero-order chi connectivity index (χ0) is 8.97. The number of rotatable bonds is 3. The molecule has 1 fully saturated rings. The van der Waals surface area contributed by atoms with E-state index < -0.39 is 19.4 Å². The third-order valence-electron chi connectivity index (χ3n) is 2.36. The Kier molecular flexibility index (Phi) is 3.88. The van der Waals surface area contributed by atoms with Crippen molar-refractivity contribution in [3.63, 3.8) is 0 Å². The van der Waals surface area contributed by atoms with Gasteiger partial charge in [-0.1, -0.05) is 0 Å². The van der Waals surface area contributed by atoms with E-state index in [1.54, 1.807) is 0 Å². The summed E-state index contributed by atoms with van der Waals surface area (Å²) in [4.78, 5) is 1.81. The van der Waals surface area contributed by atoms with Crippen LogP contribution < -0.4 is 5.73 Å². The van der Waals surface area contributed by atoms with Gasteiger partial charge in [0.05, 0.1) is 6.04 Å². The number of halogens is 2. The van der Waals surface area contributed by atoms with Crippen molar-refractivity contribution >= 4 is 0 Å². The van der Waals surface area contributed by atoms with Gasteiger partial charge in [0.25, 0.3) is 0 Å². The molecule has 12 heavy (non-hydrogen) atoms. The van der Waals surface area contributed by atoms with Gasteiger partial charge in [0.1, 0.15) is 13.3 Å². The highest BCUT2D eigenvalue weighted by Gasteiger charge is 2.23. The Hall–Kier alpha value is -0.220. The van der Waals surface area contributed by atoms with Crippen LogP contribution in [0, 0.1) is 0 Å². The predicted molar refractivity (Wildman–Crippen MR) is 44.5 cm³/mol. The molecule has 4 heteroatoms. The first-order valence-corrected chi connectivity index (χ1v) is 4.39. The van der Waals surface area contributed by atoms with Crippen LogP contribution in [0.25, 0.3) is 0 Å². The summed E-state index contributed by atoms with van der Waals surface area (Å²) < 4.78 is 24.5. The van der Waals surface area contributed by atoms with Gasteiger partial charge in [0, 0.05) is 12.6 Å². The molecular formula is C8H16F2N2. The highest BCUT2D eigenvalue weighted by Crippen LogP contribution is 2.12. The molecular weight excluding hydrogens is 162 g/mol. The van der Waals surface area contributed by atoms with E-state index in [9.17, 15) is 8.78 Å². The maximum atomic E-state index is 12.2. The minimum atomic E-state index is -0.608. The highest BCUT2D eigenvalue weighted by molar-refractivity contribution is 4.80. The van der Waals surface area contributed by atoms with E-state index in [0.29, 0.717) is 6.54 Å². The molecule has 1 aliphatic heterocycles. The molecule has 2 N–H and O–H groups in total. The molecule has 0 amide bonds. The maximum Gasteiger partial charge on any atom is 0.107 e. The predicted octanol–water partition coefficient (Wildman–Crippen LogP) is 0.717. The maximum absolute atomic E-state index is 12.2. The average Bonchev–Trinajstić information content (AvgIpc) is 2.07. The van der Waals surface area contributed by atoms with Crippen molar-refractivity contribution in [3.05, 3.63) is 0 Å². The van der Waals surface area contributed by atoms with Gasteiger partial charge in [-0.25, -0.2) is 8.78 Å². The zero-order valence-corrected chi connectivity index (χ0v) is 7.18. The fourth-order valence-corrected chi connectivity index (χ4v) is 1.61. The Morgan fingerprint density at radius 2 is 2.08 bits per heavy atom. The van der Waals surface area contributed by atoms with Crippen molar-refractivity contribution in [3.8, 4) is 0 Å². The number of hydrogen-bond acceptors (Lipinski definition) is 2. The SMILES string of the molecule is N[C@H]1CCCN(C(CF)CF)C1. The minimum Gasteiger partial charge on any atom is -0.327 e. The first-order chi connectivity index (χ1) is 5.77. The molecule has 2 nitrogen and oxygen atoms in total. The van der Waals surface area contributed by atoms with Gasteiger partial charge in [-0.3, -0.25) is 4.90 Å². The molecule has 1 aliphatic rings. The molecule has 0 unspecified atom stereocenters. The number of piperidine rings is 1. The number of hydrogen-bond donors (Lipinski definition) is 1. The van der Waals surface area contributed by atoms with E-state index >= 15 is 0 Å². The summed E-state index contributed by atoms with van der Waals surface area (Å²) in [5.74, 6) is 0. The van der Waals surface area contributed by atoms with Gasteiger partial charge in [-0.05, 0) is 19.4 Å². The number of nitrogens with zero attached hydrogens (tertiary/aromatic N) is 1. The third-order valence-corrected chi connectivity index (χ3v) is 2.36. The Balaban J connectivity index is 2.38. The normalized spacial score (nSPS) is 26.5. The van der Waals surface area contributed by atoms with Crippen LogP contribution in [0.5, 0.6) is 0 Å². The molecule has 0 spiro atoms. The van der Waals surface area contributed by atoms with Crippen LogP contribution in [0.2, 0.25) is 0 Å². The second-order valence-corrected chi connectivity index (χ2v) is 3.36. The topological polar surface area (TPSA) is 29.3 Å². The third kappa shape index (κ3) is 2.38. The second-order valence-electron chi connectivity index (χ2n) is 3.36. The van der Waals surface area contributed by atoms with Gasteiger partial charge in [0.15, 0.2) is 0 Å². The monoisotopic (exact) mass is 178 g/mol. The van der Waals surface area contributed by atoms with Crippen LogP contribution in [0.15, 0.2) is 0 Å². The highest BCUT2D eigenvalue weighted by atomic mass is 19.1. The zero-order valence-electron chi connectivity index (χ0n) is 7.18. The van der Waals surface area contributed by atoms with Crippen molar-refractivity contribution in [1.29, 1.82) is 0 Å². The van der Waals surface area contributed by atoms with Crippen molar-refractivity contribution in [2.75, 3.05) is 26.4 Å². The van der Waals surface area contributed by atoms with E-state index in [-0.39, 0.29) is 6.04 Å². The summed E-state index contributed by atoms with van der Waals surface area (Å²) in [6, 6.07) is -0.462. The molecule has 0 aromatic heterocycles. The quantitative estimate of drug-likeness (QED) is 0.690. The van der Waals surface area contributed by atoms with Gasteiger partial charge in [-0.2, -0.15) is 0 Å². The van der Waals surface area contributed by atoms with Gasteiger partial charge < -0.3 is 5.73 Å². The Bertz CT molecular complexity index is 128. The molecule has 72 valence electrons. The number of nitrogens with two attached hydrogens (primary N) is 1. The lowest BCUT2D eigenvalue weighted by atomic mass is 10.1. The molecule has 0 saturated carbocycles. The van der Waals surface area contributed by atoms with Crippen LogP contribution in [-0.4, -0.2) is 43.4 Å². The first kappa shape index (κ1) is 9.86. The molecule has 0 aromatic carbocycles. The molecule has 0 aromatic rings. The fraction of sp³-hybridized carbons (Fsp3) is 1.00. The van der Waals surface area contributed by atoms with Gasteiger partial charge in [0.2, 0.25) is 0 Å². The van der Waals surface area contributed by atoms with Crippen LogP contribution >= 0.6 is 0 Å². The fourth-order valence-electron chi connectivity index (χ4n) is 1.61. The van der Waals surface area contributed by atoms with E-state index in [0.717, 1.165) is 19.4 Å². The van der Waals surface area contributed by atoms with E-state index in [2.05, 4.69) is 0 Å². The standard InChI is InChI=1S/C8H16F2N2/c9-4-8(5-10)12-3-1-2-7(11)6-12/h7-8H,1-6,11H2/t7-/m0/s1. The first-order valence-electron chi connectivity index (χ1n) is 4.39. The van der Waals surface area contributed by atoms with Crippen molar-refractivity contribution in [2.24, 2.45) is 5.73 Å². The summed E-state index contributed by atoms with van der Waals surface area (Å²) in [5.41, 5.74) is 5.69. The van der Waals surface area contributed by atoms with Crippen molar-refractivity contribution in [1.82, 2.24) is 4.90 Å². The average molecular weight is 178 g/mol. The van der Waals surface area contributed by atoms with Crippen molar-refractivity contribution in [2.45, 2.75) is 24.9 Å². The van der Waals surface area contributed by atoms with Crippen LogP contribution in [0.3, 0.4) is 0 Å². The Labute approximate surface area is 71.7 Å². The van der Waals surface area contributed by atoms with Crippen LogP contribution in [0.4, 0.5) is 8.78 Å². The minimum absolute atomic E-state index is 0.0966. The number of alkyl halides is 2. The van der Waals surface area contributed by atoms with Crippen molar-refractivity contribution < 1.29 is 8.78 Å². The van der Waals surface area contributed by atoms with E-state index in [4.69, 9.17) is 5.73 Å². The number of likely N-dealkylation sites (tertiary alicyclic amines) is 1. The molecule has 1 atom stereocenters. The molecule has 0 aliphatic carbocycles. The Morgan fingerprint density at radius 1 is 1.42 bits per heavy atom. The lowest BCUT2D eigenvalue weighted by molar-refractivity contribution is 0.107. The Morgan fingerprint density at radius 3 is 2.58 bits per heavy atom. The second kappa shape index (κ2) is 4.72. The molecule has 1 saturated heterocycles. The van der Waals surface area contributed by atoms with Gasteiger partial charge >= 0.3 is 0 Å². The summed E-state index contributed by atoms with van der Waals surface area (Å²) in [6.07, 6.45) is 1.93. The summed E-state index contributed by atoms with van der Waals surface area (Å²) >= 11 is 0.